The summed E-state index contributed by atoms with van der Waals surface area (Å²) < 4.78 is 0. The third kappa shape index (κ3) is 2.69. The molecular formula is C8H15N3O2. The molecule has 1 unspecified atom stereocenters. The number of amides is 2. The zero-order valence-corrected chi connectivity index (χ0v) is 7.75. The standard InChI is InChI=1S/C8H15N3O2/c1-6(12)10-3-5-11-4-2-7(9)8(11)13/h7H,2-5,9H2,1H3,(H,10,12). The Labute approximate surface area is 77.3 Å². The quantitative estimate of drug-likeness (QED) is 0.572. The summed E-state index contributed by atoms with van der Waals surface area (Å²) in [6.45, 7) is 3.23. The molecule has 0 radical (unpaired) electrons. The number of nitrogens with zero attached hydrogens (tertiary/aromatic N) is 1. The second-order valence-electron chi connectivity index (χ2n) is 3.20. The van der Waals surface area contributed by atoms with Gasteiger partial charge in [-0.2, -0.15) is 0 Å². The van der Waals surface area contributed by atoms with Crippen molar-refractivity contribution in [2.45, 2.75) is 19.4 Å². The number of hydrogen-bond acceptors (Lipinski definition) is 3. The Hall–Kier alpha value is -1.10. The molecule has 1 rings (SSSR count). The number of carbonyl (C=O) groups is 2. The molecule has 0 saturated carbocycles. The first-order chi connectivity index (χ1) is 6.11. The molecule has 1 atom stereocenters. The van der Waals surface area contributed by atoms with Crippen molar-refractivity contribution in [2.24, 2.45) is 5.73 Å². The highest BCUT2D eigenvalue weighted by molar-refractivity contribution is 5.83. The van der Waals surface area contributed by atoms with Crippen LogP contribution in [-0.2, 0) is 9.59 Å². The van der Waals surface area contributed by atoms with Crippen molar-refractivity contribution in [2.75, 3.05) is 19.6 Å². The van der Waals surface area contributed by atoms with Crippen molar-refractivity contribution >= 4 is 11.8 Å². The maximum absolute atomic E-state index is 11.3. The molecule has 0 aromatic heterocycles. The van der Waals surface area contributed by atoms with Crippen LogP contribution in [0.25, 0.3) is 0 Å². The van der Waals surface area contributed by atoms with Crippen molar-refractivity contribution in [3.8, 4) is 0 Å². The topological polar surface area (TPSA) is 75.4 Å². The van der Waals surface area contributed by atoms with E-state index in [1.807, 2.05) is 0 Å². The van der Waals surface area contributed by atoms with Gasteiger partial charge < -0.3 is 16.0 Å². The summed E-state index contributed by atoms with van der Waals surface area (Å²) in [5.74, 6) is -0.0821. The van der Waals surface area contributed by atoms with Crippen LogP contribution in [0.4, 0.5) is 0 Å². The third-order valence-electron chi connectivity index (χ3n) is 2.09. The van der Waals surface area contributed by atoms with E-state index in [2.05, 4.69) is 5.32 Å². The predicted molar refractivity (Wildman–Crippen MR) is 47.9 cm³/mol. The van der Waals surface area contributed by atoms with Crippen LogP contribution in [0.3, 0.4) is 0 Å². The van der Waals surface area contributed by atoms with Crippen molar-refractivity contribution in [1.82, 2.24) is 10.2 Å². The van der Waals surface area contributed by atoms with E-state index in [4.69, 9.17) is 5.73 Å². The van der Waals surface area contributed by atoms with Crippen molar-refractivity contribution in [1.29, 1.82) is 0 Å². The monoisotopic (exact) mass is 185 g/mol. The molecule has 0 spiro atoms. The van der Waals surface area contributed by atoms with E-state index in [1.165, 1.54) is 6.92 Å². The maximum atomic E-state index is 11.3. The van der Waals surface area contributed by atoms with Gasteiger partial charge in [0.15, 0.2) is 0 Å². The van der Waals surface area contributed by atoms with Gasteiger partial charge in [0, 0.05) is 26.6 Å². The Morgan fingerprint density at radius 2 is 2.46 bits per heavy atom. The van der Waals surface area contributed by atoms with Crippen molar-refractivity contribution in [3.63, 3.8) is 0 Å². The minimum absolute atomic E-state index is 0.00893. The van der Waals surface area contributed by atoms with Gasteiger partial charge in [-0.1, -0.05) is 0 Å². The summed E-state index contributed by atoms with van der Waals surface area (Å²) in [4.78, 5) is 23.5. The number of nitrogens with two attached hydrogens (primary N) is 1. The second kappa shape index (κ2) is 4.23. The Morgan fingerprint density at radius 3 is 2.92 bits per heavy atom. The molecule has 3 N–H and O–H groups in total. The average Bonchev–Trinajstić information content (AvgIpc) is 2.35. The SMILES string of the molecule is CC(=O)NCCN1CCC(N)C1=O. The van der Waals surface area contributed by atoms with Crippen LogP contribution in [0.2, 0.25) is 0 Å². The zero-order chi connectivity index (χ0) is 9.84. The van der Waals surface area contributed by atoms with Gasteiger partial charge in [0.1, 0.15) is 0 Å². The lowest BCUT2D eigenvalue weighted by Gasteiger charge is -2.15. The fraction of sp³-hybridized carbons (Fsp3) is 0.750. The summed E-state index contributed by atoms with van der Waals surface area (Å²) in [6.07, 6.45) is 0.721. The van der Waals surface area contributed by atoms with Crippen LogP contribution in [0.5, 0.6) is 0 Å². The van der Waals surface area contributed by atoms with Crippen molar-refractivity contribution in [3.05, 3.63) is 0 Å². The summed E-state index contributed by atoms with van der Waals surface area (Å²) in [5, 5.41) is 2.63. The lowest BCUT2D eigenvalue weighted by molar-refractivity contribution is -0.129. The first-order valence-electron chi connectivity index (χ1n) is 4.40. The van der Waals surface area contributed by atoms with Gasteiger partial charge in [0.05, 0.1) is 6.04 Å². The highest BCUT2D eigenvalue weighted by atomic mass is 16.2. The summed E-state index contributed by atoms with van der Waals surface area (Å²) in [5.41, 5.74) is 5.52. The van der Waals surface area contributed by atoms with Gasteiger partial charge in [-0.25, -0.2) is 0 Å². The molecular weight excluding hydrogens is 170 g/mol. The van der Waals surface area contributed by atoms with Crippen LogP contribution in [-0.4, -0.2) is 42.4 Å². The van der Waals surface area contributed by atoms with Crippen LogP contribution < -0.4 is 11.1 Å². The van der Waals surface area contributed by atoms with Crippen LogP contribution in [0.15, 0.2) is 0 Å². The fourth-order valence-electron chi connectivity index (χ4n) is 1.35. The molecule has 0 aromatic rings. The minimum Gasteiger partial charge on any atom is -0.355 e. The number of likely N-dealkylation sites (tertiary alicyclic amines) is 1. The van der Waals surface area contributed by atoms with E-state index in [9.17, 15) is 9.59 Å². The van der Waals surface area contributed by atoms with Crippen LogP contribution >= 0.6 is 0 Å². The number of rotatable bonds is 3. The van der Waals surface area contributed by atoms with E-state index in [0.717, 1.165) is 6.42 Å². The Kier molecular flexibility index (Phi) is 3.25. The minimum atomic E-state index is -0.336. The highest BCUT2D eigenvalue weighted by Gasteiger charge is 2.27. The molecule has 0 aliphatic carbocycles. The molecule has 5 nitrogen and oxygen atoms in total. The van der Waals surface area contributed by atoms with Gasteiger partial charge in [-0.05, 0) is 6.42 Å². The molecule has 0 bridgehead atoms. The van der Waals surface area contributed by atoms with Gasteiger partial charge >= 0.3 is 0 Å². The van der Waals surface area contributed by atoms with Crippen molar-refractivity contribution < 1.29 is 9.59 Å². The van der Waals surface area contributed by atoms with Crippen LogP contribution in [0.1, 0.15) is 13.3 Å². The average molecular weight is 185 g/mol. The Morgan fingerprint density at radius 1 is 1.77 bits per heavy atom. The smallest absolute Gasteiger partial charge is 0.239 e. The van der Waals surface area contributed by atoms with Gasteiger partial charge in [0.2, 0.25) is 11.8 Å². The van der Waals surface area contributed by atoms with E-state index < -0.39 is 0 Å². The molecule has 1 heterocycles. The largest absolute Gasteiger partial charge is 0.355 e. The predicted octanol–water partition coefficient (Wildman–Crippen LogP) is -1.32. The normalized spacial score (nSPS) is 22.2. The number of nitrogens with one attached hydrogen (secondary N) is 1. The summed E-state index contributed by atoms with van der Waals surface area (Å²) in [7, 11) is 0. The molecule has 1 aliphatic rings. The fourth-order valence-corrected chi connectivity index (χ4v) is 1.35. The molecule has 2 amide bonds. The first kappa shape index (κ1) is 9.98. The molecule has 13 heavy (non-hydrogen) atoms. The Bertz CT molecular complexity index is 217. The number of carbonyl (C=O) groups excluding carboxylic acids is 2. The highest BCUT2D eigenvalue weighted by Crippen LogP contribution is 2.07. The lowest BCUT2D eigenvalue weighted by atomic mass is 10.3. The van der Waals surface area contributed by atoms with E-state index in [-0.39, 0.29) is 17.9 Å². The Balaban J connectivity index is 2.23. The lowest BCUT2D eigenvalue weighted by Crippen LogP contribution is -2.38. The van der Waals surface area contributed by atoms with E-state index >= 15 is 0 Å². The molecule has 0 aromatic carbocycles. The zero-order valence-electron chi connectivity index (χ0n) is 7.75. The maximum Gasteiger partial charge on any atom is 0.239 e. The molecule has 1 saturated heterocycles. The molecule has 1 aliphatic heterocycles. The number of hydrogen-bond donors (Lipinski definition) is 2. The van der Waals surface area contributed by atoms with Gasteiger partial charge in [-0.15, -0.1) is 0 Å². The molecule has 74 valence electrons. The first-order valence-corrected chi connectivity index (χ1v) is 4.40. The third-order valence-corrected chi connectivity index (χ3v) is 2.09. The van der Waals surface area contributed by atoms with Crippen LogP contribution in [0, 0.1) is 0 Å². The summed E-state index contributed by atoms with van der Waals surface area (Å²) >= 11 is 0. The van der Waals surface area contributed by atoms with Gasteiger partial charge in [-0.3, -0.25) is 9.59 Å². The van der Waals surface area contributed by atoms with E-state index in [1.54, 1.807) is 4.90 Å². The second-order valence-corrected chi connectivity index (χ2v) is 3.20. The molecule has 5 heteroatoms. The molecule has 1 fully saturated rings. The summed E-state index contributed by atoms with van der Waals surface area (Å²) in [6, 6.07) is -0.336. The van der Waals surface area contributed by atoms with E-state index in [0.29, 0.717) is 19.6 Å². The van der Waals surface area contributed by atoms with Gasteiger partial charge in [0.25, 0.3) is 0 Å².